The van der Waals surface area contributed by atoms with Gasteiger partial charge in [-0.25, -0.2) is 8.78 Å². The molecule has 0 radical (unpaired) electrons. The van der Waals surface area contributed by atoms with Crippen molar-refractivity contribution in [3.63, 3.8) is 0 Å². The molecule has 144 valence electrons. The van der Waals surface area contributed by atoms with Gasteiger partial charge in [-0.2, -0.15) is 0 Å². The monoisotopic (exact) mass is 403 g/mol. The molecule has 0 aromatic heterocycles. The molecule has 0 saturated carbocycles. The molecule has 0 spiro atoms. The maximum Gasteiger partial charge on any atom is 0.425 e. The quantitative estimate of drug-likeness (QED) is 0.711. The Morgan fingerprint density at radius 2 is 1.39 bits per heavy atom. The van der Waals surface area contributed by atoms with Crippen molar-refractivity contribution < 1.29 is 26.2 Å². The summed E-state index contributed by atoms with van der Waals surface area (Å²) in [5.41, 5.74) is 2.02. The van der Waals surface area contributed by atoms with Crippen molar-refractivity contribution in [1.29, 1.82) is 0 Å². The Balaban J connectivity index is 0.000000640. The van der Waals surface area contributed by atoms with Crippen LogP contribution in [0.1, 0.15) is 15.9 Å². The van der Waals surface area contributed by atoms with Gasteiger partial charge in [0.2, 0.25) is 0 Å². The molecule has 0 heterocycles. The van der Waals surface area contributed by atoms with E-state index in [-0.39, 0.29) is 0 Å². The van der Waals surface area contributed by atoms with Crippen molar-refractivity contribution >= 4 is 22.2 Å². The molecule has 3 aromatic rings. The van der Waals surface area contributed by atoms with Gasteiger partial charge in [-0.1, -0.05) is 48.0 Å². The molecule has 0 aliphatic carbocycles. The Morgan fingerprint density at radius 3 is 1.93 bits per heavy atom. The van der Waals surface area contributed by atoms with Crippen molar-refractivity contribution in [1.82, 2.24) is 0 Å². The summed E-state index contributed by atoms with van der Waals surface area (Å²) < 4.78 is 54.0. The van der Waals surface area contributed by atoms with Crippen LogP contribution in [0.2, 0.25) is 0 Å². The highest BCUT2D eigenvalue weighted by molar-refractivity contribution is 7.59. The second-order valence-corrected chi connectivity index (χ2v) is 6.12. The number of aryl methyl sites for hydroxylation is 1. The zero-order chi connectivity index (χ0) is 20.7. The molecule has 0 aliphatic rings. The number of halogens is 2. The Morgan fingerprint density at radius 1 is 0.821 bits per heavy atom. The number of hydrogen-bond acceptors (Lipinski definition) is 4. The Kier molecular flexibility index (Phi) is 7.11. The molecule has 0 saturated heterocycles. The van der Waals surface area contributed by atoms with Crippen LogP contribution in [0.25, 0.3) is 11.1 Å². The molecular formula is C20H15F2NO4S. The summed E-state index contributed by atoms with van der Waals surface area (Å²) in [7, 11) is -3.11. The summed E-state index contributed by atoms with van der Waals surface area (Å²) in [6.45, 7) is 1.91. The van der Waals surface area contributed by atoms with Crippen LogP contribution < -0.4 is 5.32 Å². The van der Waals surface area contributed by atoms with E-state index < -0.39 is 33.8 Å². The molecular weight excluding hydrogens is 388 g/mol. The molecule has 28 heavy (non-hydrogen) atoms. The summed E-state index contributed by atoms with van der Waals surface area (Å²) in [6, 6.07) is 18.1. The fourth-order valence-electron chi connectivity index (χ4n) is 2.46. The van der Waals surface area contributed by atoms with E-state index in [1.54, 1.807) is 36.4 Å². The van der Waals surface area contributed by atoms with Crippen LogP contribution in [0.3, 0.4) is 0 Å². The van der Waals surface area contributed by atoms with E-state index in [0.717, 1.165) is 5.56 Å². The fraction of sp³-hybridized carbons (Fsp3) is 0.0500. The van der Waals surface area contributed by atoms with E-state index in [1.807, 2.05) is 25.1 Å². The highest BCUT2D eigenvalue weighted by atomic mass is 32.2. The third-order valence-electron chi connectivity index (χ3n) is 3.67. The predicted octanol–water partition coefficient (Wildman–Crippen LogP) is 4.19. The first kappa shape index (κ1) is 20.9. The second kappa shape index (κ2) is 9.52. The predicted molar refractivity (Wildman–Crippen MR) is 101 cm³/mol. The summed E-state index contributed by atoms with van der Waals surface area (Å²) in [4.78, 5) is 12.1. The minimum atomic E-state index is -3.11. The average Bonchev–Trinajstić information content (AvgIpc) is 2.64. The Labute approximate surface area is 161 Å². The van der Waals surface area contributed by atoms with Crippen molar-refractivity contribution in [2.24, 2.45) is 0 Å². The smallest absolute Gasteiger partial charge is 0.317 e. The lowest BCUT2D eigenvalue weighted by Gasteiger charge is -2.10. The van der Waals surface area contributed by atoms with Gasteiger partial charge in [0.05, 0.1) is 0 Å². The lowest BCUT2D eigenvalue weighted by atomic mass is 10.0. The molecule has 1 amide bonds. The lowest BCUT2D eigenvalue weighted by molar-refractivity contribution is 0.102. The van der Waals surface area contributed by atoms with Crippen LogP contribution in [-0.4, -0.2) is 18.5 Å². The van der Waals surface area contributed by atoms with Gasteiger partial charge < -0.3 is 5.32 Å². The van der Waals surface area contributed by atoms with Gasteiger partial charge in [0.25, 0.3) is 5.91 Å². The Bertz CT molecular complexity index is 1070. The topological polar surface area (TPSA) is 80.3 Å². The van der Waals surface area contributed by atoms with Crippen LogP contribution in [0.5, 0.6) is 0 Å². The highest BCUT2D eigenvalue weighted by Gasteiger charge is 2.15. The van der Waals surface area contributed by atoms with Gasteiger partial charge in [0, 0.05) is 5.56 Å². The summed E-state index contributed by atoms with van der Waals surface area (Å²) >= 11 is 0. The van der Waals surface area contributed by atoms with Gasteiger partial charge in [0.1, 0.15) is 17.3 Å². The van der Waals surface area contributed by atoms with Crippen molar-refractivity contribution in [2.75, 3.05) is 5.32 Å². The number of benzene rings is 3. The van der Waals surface area contributed by atoms with Crippen molar-refractivity contribution in [3.05, 3.63) is 89.5 Å². The SMILES string of the molecule is Cc1cccc(-c2cc(F)c(NC(=O)c3ccccc3)c(F)c2)c1.O=S(=O)=O. The standard InChI is InChI=1S/C20H15F2NO.O3S/c1-13-6-5-9-15(10-13)16-11-17(21)19(18(22)12-16)23-20(24)14-7-3-2-4-8-14;1-4(2)3/h2-12H,1H3,(H,23,24);. The number of carbonyl (C=O) groups excluding carboxylic acids is 1. The number of rotatable bonds is 3. The molecule has 3 rings (SSSR count). The maximum absolute atomic E-state index is 14.3. The second-order valence-electron chi connectivity index (χ2n) is 5.71. The molecule has 8 heteroatoms. The third kappa shape index (κ3) is 5.82. The number of carbonyl (C=O) groups is 1. The number of hydrogen-bond donors (Lipinski definition) is 1. The number of anilines is 1. The highest BCUT2D eigenvalue weighted by Crippen LogP contribution is 2.28. The van der Waals surface area contributed by atoms with Crippen LogP contribution >= 0.6 is 0 Å². The summed E-state index contributed by atoms with van der Waals surface area (Å²) in [5, 5.41) is 2.30. The Hall–Kier alpha value is -3.39. The van der Waals surface area contributed by atoms with Crippen molar-refractivity contribution in [3.8, 4) is 11.1 Å². The first-order chi connectivity index (χ1) is 13.3. The molecule has 1 N–H and O–H groups in total. The molecule has 0 fully saturated rings. The van der Waals surface area contributed by atoms with E-state index >= 15 is 0 Å². The van der Waals surface area contributed by atoms with Crippen LogP contribution in [0, 0.1) is 18.6 Å². The normalized spacial score (nSPS) is 9.82. The molecule has 0 atom stereocenters. The van der Waals surface area contributed by atoms with E-state index in [4.69, 9.17) is 12.6 Å². The average molecular weight is 403 g/mol. The molecule has 3 aromatic carbocycles. The van der Waals surface area contributed by atoms with Gasteiger partial charge >= 0.3 is 10.6 Å². The molecule has 0 aliphatic heterocycles. The summed E-state index contributed by atoms with van der Waals surface area (Å²) in [6.07, 6.45) is 0. The first-order valence-electron chi connectivity index (χ1n) is 7.97. The number of nitrogens with one attached hydrogen (secondary N) is 1. The summed E-state index contributed by atoms with van der Waals surface area (Å²) in [5.74, 6) is -2.18. The fourth-order valence-corrected chi connectivity index (χ4v) is 2.46. The minimum absolute atomic E-state index is 0.332. The first-order valence-corrected chi connectivity index (χ1v) is 8.97. The van der Waals surface area contributed by atoms with Crippen molar-refractivity contribution in [2.45, 2.75) is 6.92 Å². The van der Waals surface area contributed by atoms with Gasteiger partial charge in [-0.3, -0.25) is 4.79 Å². The zero-order valence-corrected chi connectivity index (χ0v) is 15.5. The van der Waals surface area contributed by atoms with Crippen LogP contribution in [0.15, 0.2) is 66.7 Å². The largest absolute Gasteiger partial charge is 0.425 e. The molecule has 0 unspecified atom stereocenters. The van der Waals surface area contributed by atoms with E-state index in [2.05, 4.69) is 5.32 Å². The maximum atomic E-state index is 14.3. The lowest BCUT2D eigenvalue weighted by Crippen LogP contribution is -2.14. The minimum Gasteiger partial charge on any atom is -0.317 e. The van der Waals surface area contributed by atoms with Gasteiger partial charge in [-0.05, 0) is 42.3 Å². The third-order valence-corrected chi connectivity index (χ3v) is 3.67. The van der Waals surface area contributed by atoms with Crippen LogP contribution in [0.4, 0.5) is 14.5 Å². The van der Waals surface area contributed by atoms with Gasteiger partial charge in [-0.15, -0.1) is 12.6 Å². The zero-order valence-electron chi connectivity index (χ0n) is 14.6. The van der Waals surface area contributed by atoms with E-state index in [1.165, 1.54) is 12.1 Å². The number of amides is 1. The van der Waals surface area contributed by atoms with Gasteiger partial charge in [0.15, 0.2) is 0 Å². The van der Waals surface area contributed by atoms with E-state index in [9.17, 15) is 13.6 Å². The van der Waals surface area contributed by atoms with E-state index in [0.29, 0.717) is 16.7 Å². The van der Waals surface area contributed by atoms with Crippen LogP contribution in [-0.2, 0) is 10.6 Å². The molecule has 5 nitrogen and oxygen atoms in total. The molecule has 0 bridgehead atoms.